The van der Waals surface area contributed by atoms with Crippen molar-refractivity contribution in [1.82, 2.24) is 9.62 Å². The summed E-state index contributed by atoms with van der Waals surface area (Å²) in [5.41, 5.74) is 0.205. The third-order valence-electron chi connectivity index (χ3n) is 4.20. The SMILES string of the molecule is COC(=O)c1ccc(S(=O)(=O)N2CCC(C(=O)NCC(F)(F)F)CC2)cc1. The number of alkyl halides is 3. The zero-order chi connectivity index (χ0) is 20.2. The Labute approximate surface area is 154 Å². The van der Waals surface area contributed by atoms with Crippen molar-refractivity contribution < 1.29 is 35.9 Å². The molecule has 0 spiro atoms. The molecule has 0 aromatic heterocycles. The fraction of sp³-hybridized carbons (Fsp3) is 0.500. The molecule has 27 heavy (non-hydrogen) atoms. The molecule has 1 aliphatic heterocycles. The average Bonchev–Trinajstić information content (AvgIpc) is 2.65. The molecule has 1 heterocycles. The number of nitrogens with zero attached hydrogens (tertiary/aromatic N) is 1. The van der Waals surface area contributed by atoms with Crippen LogP contribution in [0.15, 0.2) is 29.2 Å². The number of carbonyl (C=O) groups excluding carboxylic acids is 2. The van der Waals surface area contributed by atoms with Crippen LogP contribution in [0.2, 0.25) is 0 Å². The second-order valence-electron chi connectivity index (χ2n) is 6.03. The lowest BCUT2D eigenvalue weighted by molar-refractivity contribution is -0.141. The first-order valence-electron chi connectivity index (χ1n) is 8.07. The maximum atomic E-state index is 12.6. The van der Waals surface area contributed by atoms with Crippen LogP contribution in [0.1, 0.15) is 23.2 Å². The number of piperidine rings is 1. The van der Waals surface area contributed by atoms with Gasteiger partial charge in [-0.25, -0.2) is 13.2 Å². The highest BCUT2D eigenvalue weighted by Gasteiger charge is 2.34. The molecular weight excluding hydrogens is 389 g/mol. The van der Waals surface area contributed by atoms with Crippen LogP contribution in [-0.2, 0) is 19.6 Å². The van der Waals surface area contributed by atoms with Gasteiger partial charge in [0.1, 0.15) is 6.54 Å². The third kappa shape index (κ3) is 5.42. The summed E-state index contributed by atoms with van der Waals surface area (Å²) in [4.78, 5) is 23.2. The Kier molecular flexibility index (Phi) is 6.47. The summed E-state index contributed by atoms with van der Waals surface area (Å²) in [6, 6.07) is 5.22. The normalized spacial score (nSPS) is 16.7. The van der Waals surface area contributed by atoms with Crippen LogP contribution < -0.4 is 5.32 Å². The fourth-order valence-corrected chi connectivity index (χ4v) is 4.19. The van der Waals surface area contributed by atoms with E-state index in [1.165, 1.54) is 35.7 Å². The van der Waals surface area contributed by atoms with Crippen molar-refractivity contribution in [2.45, 2.75) is 23.9 Å². The molecule has 1 amide bonds. The molecule has 0 radical (unpaired) electrons. The zero-order valence-electron chi connectivity index (χ0n) is 14.5. The summed E-state index contributed by atoms with van der Waals surface area (Å²) in [7, 11) is -2.62. The fourth-order valence-electron chi connectivity index (χ4n) is 2.72. The van der Waals surface area contributed by atoms with Crippen LogP contribution in [0.5, 0.6) is 0 Å². The van der Waals surface area contributed by atoms with E-state index in [-0.39, 0.29) is 36.4 Å². The number of sulfonamides is 1. The van der Waals surface area contributed by atoms with Gasteiger partial charge in [-0.1, -0.05) is 0 Å². The van der Waals surface area contributed by atoms with Gasteiger partial charge in [0.05, 0.1) is 17.6 Å². The number of methoxy groups -OCH3 is 1. The number of hydrogen-bond donors (Lipinski definition) is 1. The second kappa shape index (κ2) is 8.26. The number of esters is 1. The highest BCUT2D eigenvalue weighted by molar-refractivity contribution is 7.89. The van der Waals surface area contributed by atoms with Gasteiger partial charge >= 0.3 is 12.1 Å². The number of rotatable bonds is 5. The van der Waals surface area contributed by atoms with Gasteiger partial charge in [0.25, 0.3) is 0 Å². The molecule has 0 bridgehead atoms. The molecule has 1 N–H and O–H groups in total. The zero-order valence-corrected chi connectivity index (χ0v) is 15.3. The monoisotopic (exact) mass is 408 g/mol. The maximum Gasteiger partial charge on any atom is 0.405 e. The molecule has 1 aliphatic rings. The van der Waals surface area contributed by atoms with Crippen molar-refractivity contribution >= 4 is 21.9 Å². The quantitative estimate of drug-likeness (QED) is 0.747. The molecular formula is C16H19F3N2O5S. The number of nitrogens with one attached hydrogen (secondary N) is 1. The van der Waals surface area contributed by atoms with E-state index < -0.39 is 40.5 Å². The van der Waals surface area contributed by atoms with E-state index in [2.05, 4.69) is 4.74 Å². The van der Waals surface area contributed by atoms with E-state index in [9.17, 15) is 31.2 Å². The Morgan fingerprint density at radius 2 is 1.74 bits per heavy atom. The standard InChI is InChI=1S/C16H19F3N2O5S/c1-26-15(23)12-2-4-13(5-3-12)27(24,25)21-8-6-11(7-9-21)14(22)20-10-16(17,18)19/h2-5,11H,6-10H2,1H3,(H,20,22). The van der Waals surface area contributed by atoms with Crippen molar-refractivity contribution in [2.24, 2.45) is 5.92 Å². The first-order chi connectivity index (χ1) is 12.5. The smallest absolute Gasteiger partial charge is 0.405 e. The van der Waals surface area contributed by atoms with Crippen molar-refractivity contribution in [1.29, 1.82) is 0 Å². The predicted octanol–water partition coefficient (Wildman–Crippen LogP) is 1.55. The predicted molar refractivity (Wildman–Crippen MR) is 88.3 cm³/mol. The minimum Gasteiger partial charge on any atom is -0.465 e. The molecule has 0 unspecified atom stereocenters. The van der Waals surface area contributed by atoms with Gasteiger partial charge in [-0.15, -0.1) is 0 Å². The Balaban J connectivity index is 1.98. The largest absolute Gasteiger partial charge is 0.465 e. The molecule has 1 fully saturated rings. The van der Waals surface area contributed by atoms with Crippen molar-refractivity contribution in [3.63, 3.8) is 0 Å². The highest BCUT2D eigenvalue weighted by Crippen LogP contribution is 2.24. The molecule has 7 nitrogen and oxygen atoms in total. The minimum absolute atomic E-state index is 0.0184. The van der Waals surface area contributed by atoms with Gasteiger partial charge in [0, 0.05) is 19.0 Å². The van der Waals surface area contributed by atoms with E-state index in [1.54, 1.807) is 0 Å². The summed E-state index contributed by atoms with van der Waals surface area (Å²) < 4.78 is 67.5. The molecule has 0 saturated carbocycles. The first kappa shape index (κ1) is 21.2. The lowest BCUT2D eigenvalue weighted by Crippen LogP contribution is -2.44. The summed E-state index contributed by atoms with van der Waals surface area (Å²) in [5.74, 6) is -1.99. The maximum absolute atomic E-state index is 12.6. The first-order valence-corrected chi connectivity index (χ1v) is 9.51. The van der Waals surface area contributed by atoms with Crippen molar-refractivity contribution in [3.8, 4) is 0 Å². The van der Waals surface area contributed by atoms with Gasteiger partial charge in [0.2, 0.25) is 15.9 Å². The summed E-state index contributed by atoms with van der Waals surface area (Å²) >= 11 is 0. The Morgan fingerprint density at radius 3 is 2.22 bits per heavy atom. The summed E-state index contributed by atoms with van der Waals surface area (Å²) in [6.07, 6.45) is -4.23. The molecule has 2 rings (SSSR count). The van der Waals surface area contributed by atoms with Crippen LogP contribution in [0, 0.1) is 5.92 Å². The van der Waals surface area contributed by atoms with Gasteiger partial charge < -0.3 is 10.1 Å². The minimum atomic E-state index is -4.49. The topological polar surface area (TPSA) is 92.8 Å². The lowest BCUT2D eigenvalue weighted by Gasteiger charge is -2.30. The number of benzene rings is 1. The number of amides is 1. The Morgan fingerprint density at radius 1 is 1.19 bits per heavy atom. The average molecular weight is 408 g/mol. The lowest BCUT2D eigenvalue weighted by atomic mass is 9.97. The van der Waals surface area contributed by atoms with E-state index in [0.717, 1.165) is 0 Å². The third-order valence-corrected chi connectivity index (χ3v) is 6.11. The van der Waals surface area contributed by atoms with Crippen molar-refractivity contribution in [3.05, 3.63) is 29.8 Å². The van der Waals surface area contributed by atoms with Gasteiger partial charge in [-0.2, -0.15) is 17.5 Å². The van der Waals surface area contributed by atoms with Gasteiger partial charge in [0.15, 0.2) is 0 Å². The molecule has 11 heteroatoms. The second-order valence-corrected chi connectivity index (χ2v) is 7.97. The van der Waals surface area contributed by atoms with Gasteiger partial charge in [-0.05, 0) is 37.1 Å². The molecule has 1 saturated heterocycles. The Bertz CT molecular complexity index is 785. The molecule has 1 aromatic carbocycles. The van der Waals surface area contributed by atoms with E-state index in [4.69, 9.17) is 0 Å². The van der Waals surface area contributed by atoms with Crippen LogP contribution in [-0.4, -0.2) is 57.5 Å². The van der Waals surface area contributed by atoms with Crippen molar-refractivity contribution in [2.75, 3.05) is 26.7 Å². The van der Waals surface area contributed by atoms with E-state index >= 15 is 0 Å². The summed E-state index contributed by atoms with van der Waals surface area (Å²) in [5, 5.41) is 1.82. The van der Waals surface area contributed by atoms with Crippen LogP contribution in [0.4, 0.5) is 13.2 Å². The summed E-state index contributed by atoms with van der Waals surface area (Å²) in [6.45, 7) is -1.37. The number of hydrogen-bond acceptors (Lipinski definition) is 5. The van der Waals surface area contributed by atoms with Gasteiger partial charge in [-0.3, -0.25) is 4.79 Å². The van der Waals surface area contributed by atoms with E-state index in [1.807, 2.05) is 5.32 Å². The highest BCUT2D eigenvalue weighted by atomic mass is 32.2. The molecule has 0 atom stereocenters. The molecule has 0 aliphatic carbocycles. The number of halogens is 3. The molecule has 150 valence electrons. The van der Waals surface area contributed by atoms with Crippen LogP contribution in [0.3, 0.4) is 0 Å². The molecule has 1 aromatic rings. The number of carbonyl (C=O) groups is 2. The Hall–Kier alpha value is -2.14. The van der Waals surface area contributed by atoms with Crippen LogP contribution in [0.25, 0.3) is 0 Å². The number of ether oxygens (including phenoxy) is 1. The van der Waals surface area contributed by atoms with Crippen LogP contribution >= 0.6 is 0 Å². The van der Waals surface area contributed by atoms with E-state index in [0.29, 0.717) is 0 Å².